The summed E-state index contributed by atoms with van der Waals surface area (Å²) in [5.41, 5.74) is 0.357. The van der Waals surface area contributed by atoms with E-state index in [4.69, 9.17) is 4.74 Å². The largest absolute Gasteiger partial charge is 0.445 e. The standard InChI is InChI=1S/C29H37N5O5/c1-2-18-34-26(36)24(13-7-9-17-31-28(38)39-21-22-10-4-3-5-11-22)32-27(37)29(34)14-19-33(20-15-29)25(35)23-12-6-8-16-30-23/h3-6,8,10-12,16,24H,2,7,9,13-15,17-21H2,1H3,(H,31,38)(H,32,37)/t24-/m0/s1. The van der Waals surface area contributed by atoms with Crippen LogP contribution in [0.3, 0.4) is 0 Å². The number of hydrogen-bond acceptors (Lipinski definition) is 6. The highest BCUT2D eigenvalue weighted by Gasteiger charge is 2.53. The van der Waals surface area contributed by atoms with Crippen molar-refractivity contribution in [3.63, 3.8) is 0 Å². The second-order valence-corrected chi connectivity index (χ2v) is 10.0. The molecule has 0 aliphatic carbocycles. The fourth-order valence-electron chi connectivity index (χ4n) is 5.29. The molecule has 1 atom stereocenters. The van der Waals surface area contributed by atoms with Crippen molar-refractivity contribution in [1.29, 1.82) is 0 Å². The van der Waals surface area contributed by atoms with Gasteiger partial charge < -0.3 is 25.2 Å². The first kappa shape index (κ1) is 28.1. The van der Waals surface area contributed by atoms with E-state index in [0.29, 0.717) is 64.0 Å². The van der Waals surface area contributed by atoms with Crippen molar-refractivity contribution in [1.82, 2.24) is 25.4 Å². The Balaban J connectivity index is 1.25. The van der Waals surface area contributed by atoms with E-state index in [1.165, 1.54) is 0 Å². The van der Waals surface area contributed by atoms with Crippen LogP contribution in [0.5, 0.6) is 0 Å². The molecule has 0 radical (unpaired) electrons. The summed E-state index contributed by atoms with van der Waals surface area (Å²) >= 11 is 0. The number of nitrogens with zero attached hydrogens (tertiary/aromatic N) is 3. The molecule has 10 nitrogen and oxygen atoms in total. The van der Waals surface area contributed by atoms with Crippen molar-refractivity contribution in [3.05, 3.63) is 66.0 Å². The summed E-state index contributed by atoms with van der Waals surface area (Å²) in [4.78, 5) is 59.3. The van der Waals surface area contributed by atoms with Crippen LogP contribution in [-0.4, -0.2) is 76.4 Å². The summed E-state index contributed by atoms with van der Waals surface area (Å²) in [7, 11) is 0. The predicted molar refractivity (Wildman–Crippen MR) is 145 cm³/mol. The zero-order chi connectivity index (χ0) is 27.7. The Morgan fingerprint density at radius 2 is 1.82 bits per heavy atom. The third-order valence-electron chi connectivity index (χ3n) is 7.42. The summed E-state index contributed by atoms with van der Waals surface area (Å²) in [5.74, 6) is -0.380. The summed E-state index contributed by atoms with van der Waals surface area (Å²) < 4.78 is 5.21. The third-order valence-corrected chi connectivity index (χ3v) is 7.42. The minimum atomic E-state index is -0.936. The lowest BCUT2D eigenvalue weighted by Gasteiger charge is -2.51. The summed E-state index contributed by atoms with van der Waals surface area (Å²) in [5, 5.41) is 5.70. The highest BCUT2D eigenvalue weighted by molar-refractivity contribution is 6.00. The molecule has 1 spiro atoms. The number of likely N-dealkylation sites (tertiary alicyclic amines) is 1. The van der Waals surface area contributed by atoms with Crippen LogP contribution in [0, 0.1) is 0 Å². The van der Waals surface area contributed by atoms with Gasteiger partial charge in [0.15, 0.2) is 0 Å². The Morgan fingerprint density at radius 3 is 2.51 bits per heavy atom. The number of piperidine rings is 1. The van der Waals surface area contributed by atoms with E-state index in [9.17, 15) is 19.2 Å². The van der Waals surface area contributed by atoms with Crippen LogP contribution < -0.4 is 10.6 Å². The van der Waals surface area contributed by atoms with Gasteiger partial charge in [0, 0.05) is 32.4 Å². The predicted octanol–water partition coefficient (Wildman–Crippen LogP) is 2.89. The lowest BCUT2D eigenvalue weighted by Crippen LogP contribution is -2.73. The van der Waals surface area contributed by atoms with Crippen LogP contribution >= 0.6 is 0 Å². The fraction of sp³-hybridized carbons (Fsp3) is 0.483. The van der Waals surface area contributed by atoms with Crippen LogP contribution in [0.4, 0.5) is 4.79 Å². The molecule has 2 aliphatic heterocycles. The minimum Gasteiger partial charge on any atom is -0.445 e. The molecule has 2 N–H and O–H groups in total. The molecule has 0 saturated carbocycles. The highest BCUT2D eigenvalue weighted by Crippen LogP contribution is 2.34. The second kappa shape index (κ2) is 13.2. The summed E-state index contributed by atoms with van der Waals surface area (Å²) in [6.07, 6.45) is 4.44. The maximum Gasteiger partial charge on any atom is 0.407 e. The van der Waals surface area contributed by atoms with Gasteiger partial charge >= 0.3 is 6.09 Å². The van der Waals surface area contributed by atoms with Crippen molar-refractivity contribution >= 4 is 23.8 Å². The van der Waals surface area contributed by atoms with Crippen LogP contribution in [0.15, 0.2) is 54.7 Å². The van der Waals surface area contributed by atoms with Gasteiger partial charge in [0.05, 0.1) is 0 Å². The number of piperazine rings is 1. The molecule has 3 heterocycles. The van der Waals surface area contributed by atoms with E-state index in [0.717, 1.165) is 12.0 Å². The van der Waals surface area contributed by atoms with Gasteiger partial charge in [-0.2, -0.15) is 0 Å². The van der Waals surface area contributed by atoms with Gasteiger partial charge in [0.2, 0.25) is 11.8 Å². The molecule has 208 valence electrons. The SMILES string of the molecule is CCCN1C(=O)[C@H](CCCCNC(=O)OCc2ccccc2)NC(=O)C12CCN(C(=O)c1ccccn1)CC2. The topological polar surface area (TPSA) is 121 Å². The molecule has 2 fully saturated rings. The number of pyridine rings is 1. The maximum absolute atomic E-state index is 13.5. The number of benzene rings is 1. The number of unbranched alkanes of at least 4 members (excludes halogenated alkanes) is 1. The summed E-state index contributed by atoms with van der Waals surface area (Å²) in [6.45, 7) is 3.88. The number of hydrogen-bond donors (Lipinski definition) is 2. The number of nitrogens with one attached hydrogen (secondary N) is 2. The zero-order valence-corrected chi connectivity index (χ0v) is 22.4. The van der Waals surface area contributed by atoms with Gasteiger partial charge in [-0.3, -0.25) is 19.4 Å². The average molecular weight is 536 g/mol. The van der Waals surface area contributed by atoms with Gasteiger partial charge in [-0.15, -0.1) is 0 Å². The van der Waals surface area contributed by atoms with E-state index >= 15 is 0 Å². The van der Waals surface area contributed by atoms with Crippen molar-refractivity contribution in [3.8, 4) is 0 Å². The van der Waals surface area contributed by atoms with Crippen LogP contribution in [0.2, 0.25) is 0 Å². The molecule has 2 aliphatic rings. The quantitative estimate of drug-likeness (QED) is 0.452. The molecule has 4 amide bonds. The Labute approximate surface area is 229 Å². The van der Waals surface area contributed by atoms with Gasteiger partial charge in [0.25, 0.3) is 5.91 Å². The second-order valence-electron chi connectivity index (χ2n) is 10.0. The zero-order valence-electron chi connectivity index (χ0n) is 22.4. The molecule has 0 unspecified atom stereocenters. The summed E-state index contributed by atoms with van der Waals surface area (Å²) in [6, 6.07) is 14.1. The third kappa shape index (κ3) is 6.74. The Kier molecular flexibility index (Phi) is 9.51. The average Bonchev–Trinajstić information content (AvgIpc) is 2.97. The normalized spacial score (nSPS) is 18.5. The first-order valence-electron chi connectivity index (χ1n) is 13.7. The number of aromatic nitrogens is 1. The van der Waals surface area contributed by atoms with Gasteiger partial charge in [0.1, 0.15) is 23.9 Å². The Morgan fingerprint density at radius 1 is 1.08 bits per heavy atom. The lowest BCUT2D eigenvalue weighted by atomic mass is 9.81. The van der Waals surface area contributed by atoms with Crippen molar-refractivity contribution < 1.29 is 23.9 Å². The molecular formula is C29H37N5O5. The number of carbonyl (C=O) groups excluding carboxylic acids is 4. The van der Waals surface area contributed by atoms with Crippen molar-refractivity contribution in [2.75, 3.05) is 26.2 Å². The van der Waals surface area contributed by atoms with E-state index in [1.54, 1.807) is 34.2 Å². The molecule has 0 bridgehead atoms. The van der Waals surface area contributed by atoms with Gasteiger partial charge in [-0.25, -0.2) is 4.79 Å². The maximum atomic E-state index is 13.5. The Bertz CT molecular complexity index is 1140. The van der Waals surface area contributed by atoms with Gasteiger partial charge in [-0.05, 0) is 56.2 Å². The van der Waals surface area contributed by atoms with Crippen LogP contribution in [-0.2, 0) is 20.9 Å². The highest BCUT2D eigenvalue weighted by atomic mass is 16.5. The van der Waals surface area contributed by atoms with Gasteiger partial charge in [-0.1, -0.05) is 43.3 Å². The van der Waals surface area contributed by atoms with Crippen LogP contribution in [0.25, 0.3) is 0 Å². The minimum absolute atomic E-state index is 0.0730. The molecule has 4 rings (SSSR count). The number of alkyl carbamates (subject to hydrolysis) is 1. The molecule has 2 saturated heterocycles. The van der Waals surface area contributed by atoms with Crippen molar-refractivity contribution in [2.45, 2.75) is 63.6 Å². The fourth-order valence-corrected chi connectivity index (χ4v) is 5.29. The first-order chi connectivity index (χ1) is 18.9. The van der Waals surface area contributed by atoms with Crippen molar-refractivity contribution in [2.24, 2.45) is 0 Å². The lowest BCUT2D eigenvalue weighted by molar-refractivity contribution is -0.161. The molecule has 39 heavy (non-hydrogen) atoms. The number of amides is 4. The molecule has 1 aromatic carbocycles. The number of ether oxygens (including phenoxy) is 1. The van der Waals surface area contributed by atoms with E-state index in [-0.39, 0.29) is 24.3 Å². The molecular weight excluding hydrogens is 498 g/mol. The first-order valence-corrected chi connectivity index (χ1v) is 13.7. The smallest absolute Gasteiger partial charge is 0.407 e. The van der Waals surface area contributed by atoms with E-state index in [1.807, 2.05) is 37.3 Å². The van der Waals surface area contributed by atoms with Crippen LogP contribution in [0.1, 0.15) is 61.5 Å². The Hall–Kier alpha value is -3.95. The molecule has 2 aromatic rings. The van der Waals surface area contributed by atoms with E-state index < -0.39 is 17.7 Å². The molecule has 10 heteroatoms. The number of rotatable bonds is 10. The molecule has 1 aromatic heterocycles. The number of carbonyl (C=O) groups is 4. The van der Waals surface area contributed by atoms with E-state index in [2.05, 4.69) is 15.6 Å². The monoisotopic (exact) mass is 535 g/mol.